The van der Waals surface area contributed by atoms with Crippen molar-refractivity contribution in [3.63, 3.8) is 0 Å². The highest BCUT2D eigenvalue weighted by molar-refractivity contribution is 5.78. The number of methoxy groups -OCH3 is 1. The number of rotatable bonds is 7. The molecule has 0 spiro atoms. The van der Waals surface area contributed by atoms with Crippen molar-refractivity contribution in [3.8, 4) is 0 Å². The largest absolute Gasteiger partial charge is 0.469 e. The van der Waals surface area contributed by atoms with Crippen LogP contribution in [0.3, 0.4) is 0 Å². The second kappa shape index (κ2) is 8.84. The Morgan fingerprint density at radius 2 is 2.10 bits per heavy atom. The zero-order valence-electron chi connectivity index (χ0n) is 11.6. The summed E-state index contributed by atoms with van der Waals surface area (Å²) in [4.78, 5) is 25.0. The van der Waals surface area contributed by atoms with E-state index in [4.69, 9.17) is 4.74 Å². The molecule has 1 heterocycles. The van der Waals surface area contributed by atoms with E-state index in [2.05, 4.69) is 4.74 Å². The van der Waals surface area contributed by atoms with Gasteiger partial charge in [0.1, 0.15) is 6.61 Å². The lowest BCUT2D eigenvalue weighted by Crippen LogP contribution is -2.45. The number of alkyl halides is 2. The number of piperidine rings is 1. The normalized spacial score (nSPS) is 19.2. The molecule has 0 saturated carbocycles. The molecule has 20 heavy (non-hydrogen) atoms. The summed E-state index contributed by atoms with van der Waals surface area (Å²) in [6.07, 6.45) is 0.338. The van der Waals surface area contributed by atoms with Crippen LogP contribution in [0, 0.1) is 0 Å². The first-order valence-corrected chi connectivity index (χ1v) is 6.76. The van der Waals surface area contributed by atoms with Gasteiger partial charge in [0.25, 0.3) is 6.43 Å². The van der Waals surface area contributed by atoms with E-state index in [9.17, 15) is 18.4 Å². The van der Waals surface area contributed by atoms with Crippen LogP contribution in [0.1, 0.15) is 32.1 Å². The van der Waals surface area contributed by atoms with Gasteiger partial charge in [-0.15, -0.1) is 0 Å². The van der Waals surface area contributed by atoms with Crippen molar-refractivity contribution < 1.29 is 27.8 Å². The van der Waals surface area contributed by atoms with Gasteiger partial charge in [0.15, 0.2) is 0 Å². The second-order valence-corrected chi connectivity index (χ2v) is 4.73. The first-order chi connectivity index (χ1) is 9.54. The van der Waals surface area contributed by atoms with E-state index in [1.165, 1.54) is 7.11 Å². The number of nitrogens with zero attached hydrogens (tertiary/aromatic N) is 1. The molecule has 7 heteroatoms. The number of ether oxygens (including phenoxy) is 2. The van der Waals surface area contributed by atoms with Crippen LogP contribution in [-0.2, 0) is 19.1 Å². The van der Waals surface area contributed by atoms with Crippen LogP contribution >= 0.6 is 0 Å². The number of amides is 1. The summed E-state index contributed by atoms with van der Waals surface area (Å²) in [6, 6.07) is -0.154. The molecule has 0 aromatic rings. The molecule has 0 aliphatic carbocycles. The fourth-order valence-electron chi connectivity index (χ4n) is 2.29. The molecular weight excluding hydrogens is 272 g/mol. The number of carbonyl (C=O) groups is 2. The average Bonchev–Trinajstić information content (AvgIpc) is 2.43. The fraction of sp³-hybridized carbons (Fsp3) is 0.846. The zero-order chi connectivity index (χ0) is 15.0. The number of esters is 1. The van der Waals surface area contributed by atoms with E-state index in [0.29, 0.717) is 6.54 Å². The third-order valence-corrected chi connectivity index (χ3v) is 3.28. The zero-order valence-corrected chi connectivity index (χ0v) is 11.6. The topological polar surface area (TPSA) is 55.8 Å². The molecule has 1 unspecified atom stereocenters. The SMILES string of the molecule is COC(=O)CC1CCCCN1C(=O)CCOCC(F)F. The van der Waals surface area contributed by atoms with Crippen molar-refractivity contribution in [1.29, 1.82) is 0 Å². The molecule has 1 aliphatic rings. The molecule has 1 aliphatic heterocycles. The maximum absolute atomic E-state index is 12.0. The molecule has 0 radical (unpaired) electrons. The molecule has 1 rings (SSSR count). The fourth-order valence-corrected chi connectivity index (χ4v) is 2.29. The van der Waals surface area contributed by atoms with Crippen LogP contribution in [0.5, 0.6) is 0 Å². The predicted octanol–water partition coefficient (Wildman–Crippen LogP) is 1.60. The molecule has 1 atom stereocenters. The summed E-state index contributed by atoms with van der Waals surface area (Å²) in [5.41, 5.74) is 0. The Hall–Kier alpha value is -1.24. The van der Waals surface area contributed by atoms with E-state index in [1.54, 1.807) is 4.90 Å². The van der Waals surface area contributed by atoms with Crippen LogP contribution in [0.4, 0.5) is 8.78 Å². The standard InChI is InChI=1S/C13H21F2NO4/c1-19-13(18)8-10-4-2-3-6-16(10)12(17)5-7-20-9-11(14)15/h10-11H,2-9H2,1H3. The quantitative estimate of drug-likeness (QED) is 0.528. The van der Waals surface area contributed by atoms with E-state index < -0.39 is 13.0 Å². The lowest BCUT2D eigenvalue weighted by Gasteiger charge is -2.35. The third-order valence-electron chi connectivity index (χ3n) is 3.28. The molecule has 5 nitrogen and oxygen atoms in total. The van der Waals surface area contributed by atoms with Crippen molar-refractivity contribution in [2.75, 3.05) is 26.9 Å². The number of carbonyl (C=O) groups excluding carboxylic acids is 2. The number of likely N-dealkylation sites (tertiary alicyclic amines) is 1. The van der Waals surface area contributed by atoms with Crippen molar-refractivity contribution in [2.24, 2.45) is 0 Å². The summed E-state index contributed by atoms with van der Waals surface area (Å²) in [5.74, 6) is -0.503. The van der Waals surface area contributed by atoms with Gasteiger partial charge in [-0.25, -0.2) is 8.78 Å². The van der Waals surface area contributed by atoms with Gasteiger partial charge < -0.3 is 14.4 Å². The highest BCUT2D eigenvalue weighted by atomic mass is 19.3. The lowest BCUT2D eigenvalue weighted by molar-refractivity contribution is -0.145. The van der Waals surface area contributed by atoms with E-state index in [-0.39, 0.29) is 37.4 Å². The van der Waals surface area contributed by atoms with Crippen LogP contribution in [0.2, 0.25) is 0 Å². The lowest BCUT2D eigenvalue weighted by atomic mass is 9.99. The Labute approximate surface area is 117 Å². The number of halogens is 2. The highest BCUT2D eigenvalue weighted by Crippen LogP contribution is 2.21. The van der Waals surface area contributed by atoms with Gasteiger partial charge in [0, 0.05) is 12.6 Å². The Bertz CT molecular complexity index is 325. The van der Waals surface area contributed by atoms with Crippen LogP contribution in [-0.4, -0.2) is 56.1 Å². The Morgan fingerprint density at radius 3 is 2.75 bits per heavy atom. The first-order valence-electron chi connectivity index (χ1n) is 6.76. The summed E-state index contributed by atoms with van der Waals surface area (Å²) < 4.78 is 33.1. The summed E-state index contributed by atoms with van der Waals surface area (Å²) in [7, 11) is 1.31. The third kappa shape index (κ3) is 5.81. The minimum atomic E-state index is -2.52. The van der Waals surface area contributed by atoms with Crippen molar-refractivity contribution >= 4 is 11.9 Å². The van der Waals surface area contributed by atoms with Crippen LogP contribution in [0.15, 0.2) is 0 Å². The Morgan fingerprint density at radius 1 is 1.35 bits per heavy atom. The molecule has 0 bridgehead atoms. The van der Waals surface area contributed by atoms with Gasteiger partial charge in [-0.2, -0.15) is 0 Å². The first kappa shape index (κ1) is 16.8. The van der Waals surface area contributed by atoms with Crippen molar-refractivity contribution in [1.82, 2.24) is 4.90 Å². The average molecular weight is 293 g/mol. The molecule has 0 aromatic carbocycles. The van der Waals surface area contributed by atoms with Gasteiger partial charge in [0.2, 0.25) is 5.91 Å². The van der Waals surface area contributed by atoms with Crippen LogP contribution in [0.25, 0.3) is 0 Å². The highest BCUT2D eigenvalue weighted by Gasteiger charge is 2.28. The molecule has 1 amide bonds. The second-order valence-electron chi connectivity index (χ2n) is 4.73. The molecule has 116 valence electrons. The summed E-state index contributed by atoms with van der Waals surface area (Å²) in [6.45, 7) is -0.0845. The number of hydrogen-bond acceptors (Lipinski definition) is 4. The van der Waals surface area contributed by atoms with Crippen LogP contribution < -0.4 is 0 Å². The van der Waals surface area contributed by atoms with Crippen molar-refractivity contribution in [3.05, 3.63) is 0 Å². The molecule has 1 saturated heterocycles. The van der Waals surface area contributed by atoms with E-state index >= 15 is 0 Å². The molecule has 0 aromatic heterocycles. The van der Waals surface area contributed by atoms with Gasteiger partial charge >= 0.3 is 5.97 Å². The predicted molar refractivity (Wildman–Crippen MR) is 67.4 cm³/mol. The smallest absolute Gasteiger partial charge is 0.307 e. The monoisotopic (exact) mass is 293 g/mol. The maximum Gasteiger partial charge on any atom is 0.307 e. The Kier molecular flexibility index (Phi) is 7.43. The van der Waals surface area contributed by atoms with E-state index in [0.717, 1.165) is 19.3 Å². The molecule has 0 N–H and O–H groups in total. The van der Waals surface area contributed by atoms with Crippen molar-refractivity contribution in [2.45, 2.75) is 44.6 Å². The van der Waals surface area contributed by atoms with E-state index in [1.807, 2.05) is 0 Å². The number of hydrogen-bond donors (Lipinski definition) is 0. The summed E-state index contributed by atoms with van der Waals surface area (Å²) >= 11 is 0. The van der Waals surface area contributed by atoms with Gasteiger partial charge in [-0.1, -0.05) is 0 Å². The molecular formula is C13H21F2NO4. The molecule has 1 fully saturated rings. The minimum Gasteiger partial charge on any atom is -0.469 e. The van der Waals surface area contributed by atoms with Gasteiger partial charge in [0.05, 0.1) is 26.6 Å². The maximum atomic E-state index is 12.0. The minimum absolute atomic E-state index is 0.0232. The van der Waals surface area contributed by atoms with Gasteiger partial charge in [-0.3, -0.25) is 9.59 Å². The van der Waals surface area contributed by atoms with Gasteiger partial charge in [-0.05, 0) is 19.3 Å². The Balaban J connectivity index is 2.39. The summed E-state index contributed by atoms with van der Waals surface area (Å²) in [5, 5.41) is 0.